The Bertz CT molecular complexity index is 1110. The minimum absolute atomic E-state index is 0.334. The number of hydrogen-bond donors (Lipinski definition) is 0. The topological polar surface area (TPSA) is 0 Å². The van der Waals surface area contributed by atoms with Crippen LogP contribution in [-0.4, -0.2) is 0 Å². The van der Waals surface area contributed by atoms with E-state index < -0.39 is 0 Å². The molecule has 0 saturated carbocycles. The van der Waals surface area contributed by atoms with E-state index in [-0.39, 0.29) is 5.41 Å². The first-order valence-corrected chi connectivity index (χ1v) is 12.6. The normalized spacial score (nSPS) is 13.5. The van der Waals surface area contributed by atoms with Gasteiger partial charge in [-0.1, -0.05) is 118 Å². The molecule has 1 radical (unpaired) electrons. The summed E-state index contributed by atoms with van der Waals surface area (Å²) in [5.74, 6) is 0. The summed E-state index contributed by atoms with van der Waals surface area (Å²) >= 11 is 0. The quantitative estimate of drug-likeness (QED) is 0.232. The molecule has 4 aromatic rings. The molecular weight excluding hydrogens is 396 g/mol. The zero-order valence-electron chi connectivity index (χ0n) is 19.9. The first-order valence-electron chi connectivity index (χ1n) is 12.6. The van der Waals surface area contributed by atoms with E-state index in [0.717, 1.165) is 12.8 Å². The van der Waals surface area contributed by atoms with Crippen molar-refractivity contribution in [2.45, 2.75) is 57.8 Å². The van der Waals surface area contributed by atoms with Gasteiger partial charge in [0.05, 0.1) is 5.41 Å². The van der Waals surface area contributed by atoms with Crippen molar-refractivity contribution in [1.82, 2.24) is 0 Å². The summed E-state index contributed by atoms with van der Waals surface area (Å²) in [7, 11) is 0. The molecule has 0 fully saturated rings. The minimum Gasteiger partial charge on any atom is -0.0654 e. The Morgan fingerprint density at radius 2 is 1.15 bits per heavy atom. The second kappa shape index (κ2) is 9.40. The molecule has 0 spiro atoms. The molecule has 1 aliphatic rings. The molecule has 0 heteroatoms. The predicted molar refractivity (Wildman–Crippen MR) is 140 cm³/mol. The molecule has 5 rings (SSSR count). The van der Waals surface area contributed by atoms with Gasteiger partial charge in [0, 0.05) is 0 Å². The van der Waals surface area contributed by atoms with Crippen LogP contribution in [0.1, 0.15) is 72.9 Å². The summed E-state index contributed by atoms with van der Waals surface area (Å²) in [6, 6.07) is 37.9. The second-order valence-corrected chi connectivity index (χ2v) is 9.36. The Morgan fingerprint density at radius 1 is 0.606 bits per heavy atom. The highest BCUT2D eigenvalue weighted by Gasteiger charge is 2.45. The number of benzene rings is 4. The van der Waals surface area contributed by atoms with Gasteiger partial charge in [0.1, 0.15) is 0 Å². The summed E-state index contributed by atoms with van der Waals surface area (Å²) in [6.07, 6.45) is 7.23. The maximum Gasteiger partial charge on any atom is 0.0719 e. The third kappa shape index (κ3) is 3.72. The standard InChI is InChI=1S/C33H33/c1-3-5-11-25-17-21-27(22-18-25)33(28-23-19-26(20-24-28)12-6-4-2)31-15-9-7-13-29(31)30-14-8-10-16-32(30)33/h7-10,13-15,17-24H,3-6,11-12H2,1-2H3. The fourth-order valence-electron chi connectivity index (χ4n) is 5.52. The van der Waals surface area contributed by atoms with Crippen LogP contribution in [0.25, 0.3) is 11.1 Å². The molecule has 0 aromatic heterocycles. The molecule has 0 bridgehead atoms. The van der Waals surface area contributed by atoms with E-state index in [1.807, 2.05) is 0 Å². The Balaban J connectivity index is 1.72. The van der Waals surface area contributed by atoms with Gasteiger partial charge in [0.2, 0.25) is 0 Å². The van der Waals surface area contributed by atoms with Gasteiger partial charge >= 0.3 is 0 Å². The van der Waals surface area contributed by atoms with Crippen molar-refractivity contribution < 1.29 is 0 Å². The molecule has 165 valence electrons. The molecule has 0 unspecified atom stereocenters. The number of hydrogen-bond acceptors (Lipinski definition) is 0. The van der Waals surface area contributed by atoms with E-state index in [0.29, 0.717) is 0 Å². The lowest BCUT2D eigenvalue weighted by Crippen LogP contribution is -2.28. The maximum atomic E-state index is 3.68. The molecule has 0 N–H and O–H groups in total. The van der Waals surface area contributed by atoms with Gasteiger partial charge in [-0.3, -0.25) is 0 Å². The van der Waals surface area contributed by atoms with Crippen molar-refractivity contribution in [3.05, 3.63) is 130 Å². The van der Waals surface area contributed by atoms with Crippen LogP contribution in [-0.2, 0) is 18.3 Å². The van der Waals surface area contributed by atoms with Gasteiger partial charge in [-0.2, -0.15) is 0 Å². The summed E-state index contributed by atoms with van der Waals surface area (Å²) in [5, 5.41) is 0. The summed E-state index contributed by atoms with van der Waals surface area (Å²) in [4.78, 5) is 0. The van der Waals surface area contributed by atoms with Gasteiger partial charge in [-0.05, 0) is 76.3 Å². The van der Waals surface area contributed by atoms with E-state index in [9.17, 15) is 0 Å². The van der Waals surface area contributed by atoms with Gasteiger partial charge in [0.25, 0.3) is 0 Å². The third-order valence-electron chi connectivity index (χ3n) is 7.26. The first-order chi connectivity index (χ1) is 16.3. The van der Waals surface area contributed by atoms with Crippen LogP contribution in [0.3, 0.4) is 0 Å². The average Bonchev–Trinajstić information content (AvgIpc) is 3.18. The van der Waals surface area contributed by atoms with Crippen LogP contribution in [0, 0.1) is 6.07 Å². The van der Waals surface area contributed by atoms with Crippen LogP contribution in [0.4, 0.5) is 0 Å². The summed E-state index contributed by atoms with van der Waals surface area (Å²) < 4.78 is 0. The summed E-state index contributed by atoms with van der Waals surface area (Å²) in [5.41, 5.74) is 10.4. The number of fused-ring (bicyclic) bond motifs is 3. The van der Waals surface area contributed by atoms with Gasteiger partial charge in [-0.15, -0.1) is 0 Å². The predicted octanol–water partition coefficient (Wildman–Crippen LogP) is 8.54. The average molecular weight is 430 g/mol. The fraction of sp³-hybridized carbons (Fsp3) is 0.273. The van der Waals surface area contributed by atoms with Crippen molar-refractivity contribution in [3.8, 4) is 11.1 Å². The molecular formula is C33H33. The first kappa shape index (κ1) is 21.7. The van der Waals surface area contributed by atoms with Gasteiger partial charge < -0.3 is 0 Å². The highest BCUT2D eigenvalue weighted by molar-refractivity contribution is 5.85. The van der Waals surface area contributed by atoms with E-state index >= 15 is 0 Å². The molecule has 33 heavy (non-hydrogen) atoms. The molecule has 1 aliphatic carbocycles. The van der Waals surface area contributed by atoms with Crippen LogP contribution >= 0.6 is 0 Å². The van der Waals surface area contributed by atoms with Crippen molar-refractivity contribution in [2.75, 3.05) is 0 Å². The Labute approximate surface area is 199 Å². The minimum atomic E-state index is -0.334. The monoisotopic (exact) mass is 429 g/mol. The molecule has 0 nitrogen and oxygen atoms in total. The summed E-state index contributed by atoms with van der Waals surface area (Å²) in [6.45, 7) is 4.52. The molecule has 4 aromatic carbocycles. The van der Waals surface area contributed by atoms with Crippen LogP contribution in [0.15, 0.2) is 91.0 Å². The molecule has 0 amide bonds. The molecule has 0 heterocycles. The SMILES string of the molecule is CCCCc1ccc(C2(c3ccc(CCCC)cc3)c3[c]cccc3-c3ccccc32)cc1. The lowest BCUT2D eigenvalue weighted by molar-refractivity contribution is 0.758. The van der Waals surface area contributed by atoms with Crippen molar-refractivity contribution in [3.63, 3.8) is 0 Å². The zero-order valence-corrected chi connectivity index (χ0v) is 19.9. The van der Waals surface area contributed by atoms with Crippen LogP contribution in [0.5, 0.6) is 0 Å². The van der Waals surface area contributed by atoms with Gasteiger partial charge in [0.15, 0.2) is 0 Å². The lowest BCUT2D eigenvalue weighted by Gasteiger charge is -2.34. The van der Waals surface area contributed by atoms with E-state index in [1.165, 1.54) is 70.2 Å². The smallest absolute Gasteiger partial charge is 0.0654 e. The molecule has 0 atom stereocenters. The Kier molecular flexibility index (Phi) is 6.18. The van der Waals surface area contributed by atoms with Gasteiger partial charge in [-0.25, -0.2) is 0 Å². The highest BCUT2D eigenvalue weighted by atomic mass is 14.5. The Hall–Kier alpha value is -3.12. The van der Waals surface area contributed by atoms with Crippen molar-refractivity contribution in [2.24, 2.45) is 0 Å². The van der Waals surface area contributed by atoms with Crippen LogP contribution in [0.2, 0.25) is 0 Å². The Morgan fingerprint density at radius 3 is 1.73 bits per heavy atom. The number of unbranched alkanes of at least 4 members (excludes halogenated alkanes) is 2. The van der Waals surface area contributed by atoms with E-state index in [1.54, 1.807) is 0 Å². The number of rotatable bonds is 8. The largest absolute Gasteiger partial charge is 0.0719 e. The lowest BCUT2D eigenvalue weighted by atomic mass is 9.67. The van der Waals surface area contributed by atoms with E-state index in [2.05, 4.69) is 111 Å². The van der Waals surface area contributed by atoms with Crippen molar-refractivity contribution >= 4 is 0 Å². The zero-order chi connectivity index (χ0) is 22.7. The second-order valence-electron chi connectivity index (χ2n) is 9.36. The molecule has 0 aliphatic heterocycles. The third-order valence-corrected chi connectivity index (χ3v) is 7.26. The fourth-order valence-corrected chi connectivity index (χ4v) is 5.52. The maximum absolute atomic E-state index is 3.68. The van der Waals surface area contributed by atoms with E-state index in [4.69, 9.17) is 0 Å². The number of aryl methyl sites for hydroxylation is 2. The highest BCUT2D eigenvalue weighted by Crippen LogP contribution is 2.55. The van der Waals surface area contributed by atoms with Crippen LogP contribution < -0.4 is 0 Å². The molecule has 0 saturated heterocycles. The van der Waals surface area contributed by atoms with Crippen molar-refractivity contribution in [1.29, 1.82) is 0 Å².